The first-order valence-corrected chi connectivity index (χ1v) is 9.35. The highest BCUT2D eigenvalue weighted by molar-refractivity contribution is 5.96. The molecule has 1 aliphatic rings. The van der Waals surface area contributed by atoms with Crippen molar-refractivity contribution in [1.29, 1.82) is 0 Å². The Morgan fingerprint density at radius 3 is 2.48 bits per heavy atom. The van der Waals surface area contributed by atoms with E-state index in [2.05, 4.69) is 11.1 Å². The lowest BCUT2D eigenvalue weighted by Gasteiger charge is -2.37. The summed E-state index contributed by atoms with van der Waals surface area (Å²) in [6.45, 7) is 5.39. The number of aromatic nitrogens is 1. The Morgan fingerprint density at radius 2 is 1.84 bits per heavy atom. The van der Waals surface area contributed by atoms with Crippen molar-refractivity contribution in [1.82, 2.24) is 9.88 Å². The van der Waals surface area contributed by atoms with E-state index in [1.807, 2.05) is 49.1 Å². The molecular formula is C21H28N2O2. The maximum Gasteiger partial charge on any atom is 0.167 e. The average Bonchev–Trinajstić information content (AvgIpc) is 3.08. The van der Waals surface area contributed by atoms with E-state index >= 15 is 0 Å². The van der Waals surface area contributed by atoms with Crippen LogP contribution in [-0.4, -0.2) is 33.9 Å². The van der Waals surface area contributed by atoms with E-state index in [0.29, 0.717) is 18.7 Å². The van der Waals surface area contributed by atoms with Gasteiger partial charge in [0.25, 0.3) is 0 Å². The molecule has 0 aliphatic heterocycles. The SMILES string of the molecule is CCN(CC)C(O)(CC(=O)c1ccccc1)c1cc2c([nH]1)CCCC2. The molecule has 0 bridgehead atoms. The van der Waals surface area contributed by atoms with Crippen molar-refractivity contribution in [3.63, 3.8) is 0 Å². The van der Waals surface area contributed by atoms with Crippen LogP contribution < -0.4 is 0 Å². The molecule has 134 valence electrons. The third kappa shape index (κ3) is 3.55. The van der Waals surface area contributed by atoms with Gasteiger partial charge in [0.1, 0.15) is 0 Å². The predicted molar refractivity (Wildman–Crippen MR) is 99.6 cm³/mol. The fraction of sp³-hybridized carbons (Fsp3) is 0.476. The molecule has 25 heavy (non-hydrogen) atoms. The highest BCUT2D eigenvalue weighted by atomic mass is 16.3. The molecule has 1 aromatic heterocycles. The molecule has 1 unspecified atom stereocenters. The van der Waals surface area contributed by atoms with Crippen LogP contribution in [0.4, 0.5) is 0 Å². The van der Waals surface area contributed by atoms with Crippen LogP contribution in [0.1, 0.15) is 60.4 Å². The average molecular weight is 340 g/mol. The number of nitrogens with zero attached hydrogens (tertiary/aromatic N) is 1. The van der Waals surface area contributed by atoms with Crippen molar-refractivity contribution in [2.24, 2.45) is 0 Å². The monoisotopic (exact) mass is 340 g/mol. The molecule has 0 spiro atoms. The lowest BCUT2D eigenvalue weighted by molar-refractivity contribution is -0.113. The maximum atomic E-state index is 12.8. The molecule has 0 radical (unpaired) electrons. The van der Waals surface area contributed by atoms with Crippen molar-refractivity contribution in [3.05, 3.63) is 58.9 Å². The number of Topliss-reactive ketones (excluding diaryl/α,β-unsaturated/α-hetero) is 1. The number of ketones is 1. The smallest absolute Gasteiger partial charge is 0.167 e. The molecule has 0 saturated heterocycles. The van der Waals surface area contributed by atoms with Crippen molar-refractivity contribution in [2.75, 3.05) is 13.1 Å². The molecule has 3 rings (SSSR count). The number of H-pyrrole nitrogens is 1. The van der Waals surface area contributed by atoms with Crippen molar-refractivity contribution in [3.8, 4) is 0 Å². The van der Waals surface area contributed by atoms with Gasteiger partial charge in [-0.2, -0.15) is 0 Å². The van der Waals surface area contributed by atoms with Crippen LogP contribution in [0.5, 0.6) is 0 Å². The Labute approximate surface area is 149 Å². The Bertz CT molecular complexity index is 695. The summed E-state index contributed by atoms with van der Waals surface area (Å²) in [5, 5.41) is 11.6. The first-order chi connectivity index (χ1) is 12.1. The minimum Gasteiger partial charge on any atom is -0.369 e. The molecule has 1 atom stereocenters. The molecule has 2 N–H and O–H groups in total. The van der Waals surface area contributed by atoms with Crippen LogP contribution in [0.3, 0.4) is 0 Å². The van der Waals surface area contributed by atoms with Gasteiger partial charge in [0, 0.05) is 11.3 Å². The summed E-state index contributed by atoms with van der Waals surface area (Å²) >= 11 is 0. The Morgan fingerprint density at radius 1 is 1.16 bits per heavy atom. The van der Waals surface area contributed by atoms with Gasteiger partial charge in [0.05, 0.1) is 12.1 Å². The highest BCUT2D eigenvalue weighted by Gasteiger charge is 2.39. The zero-order valence-corrected chi connectivity index (χ0v) is 15.2. The highest BCUT2D eigenvalue weighted by Crippen LogP contribution is 2.33. The second-order valence-corrected chi connectivity index (χ2v) is 6.85. The number of aromatic amines is 1. The zero-order valence-electron chi connectivity index (χ0n) is 15.2. The summed E-state index contributed by atoms with van der Waals surface area (Å²) in [4.78, 5) is 18.2. The molecule has 1 heterocycles. The van der Waals surface area contributed by atoms with Gasteiger partial charge >= 0.3 is 0 Å². The lowest BCUT2D eigenvalue weighted by atomic mass is 9.95. The van der Waals surface area contributed by atoms with E-state index in [-0.39, 0.29) is 12.2 Å². The van der Waals surface area contributed by atoms with Gasteiger partial charge in [0.15, 0.2) is 11.5 Å². The number of aliphatic hydroxyl groups is 1. The first-order valence-electron chi connectivity index (χ1n) is 9.35. The molecule has 1 aromatic carbocycles. The molecular weight excluding hydrogens is 312 g/mol. The zero-order chi connectivity index (χ0) is 17.9. The van der Waals surface area contributed by atoms with E-state index in [9.17, 15) is 9.90 Å². The number of carbonyl (C=O) groups is 1. The van der Waals surface area contributed by atoms with Crippen LogP contribution in [-0.2, 0) is 18.6 Å². The molecule has 0 fully saturated rings. The topological polar surface area (TPSA) is 56.3 Å². The first kappa shape index (κ1) is 17.9. The van der Waals surface area contributed by atoms with Crippen molar-refractivity contribution < 1.29 is 9.90 Å². The number of carbonyl (C=O) groups excluding carboxylic acids is 1. The summed E-state index contributed by atoms with van der Waals surface area (Å²) in [5.41, 5.74) is 2.61. The van der Waals surface area contributed by atoms with Crippen LogP contribution in [0.2, 0.25) is 0 Å². The van der Waals surface area contributed by atoms with Gasteiger partial charge in [-0.25, -0.2) is 0 Å². The molecule has 0 amide bonds. The number of nitrogens with one attached hydrogen (secondary N) is 1. The second kappa shape index (κ2) is 7.54. The number of aryl methyl sites for hydroxylation is 2. The van der Waals surface area contributed by atoms with Gasteiger partial charge in [-0.1, -0.05) is 44.2 Å². The Kier molecular flexibility index (Phi) is 5.40. The summed E-state index contributed by atoms with van der Waals surface area (Å²) < 4.78 is 0. The van der Waals surface area contributed by atoms with Gasteiger partial charge in [0.2, 0.25) is 0 Å². The molecule has 1 aliphatic carbocycles. The normalized spacial score (nSPS) is 16.5. The number of benzene rings is 1. The number of hydrogen-bond acceptors (Lipinski definition) is 3. The number of rotatable bonds is 7. The number of fused-ring (bicyclic) bond motifs is 1. The van der Waals surface area contributed by atoms with Crippen LogP contribution >= 0.6 is 0 Å². The summed E-state index contributed by atoms with van der Waals surface area (Å²) in [5.74, 6) is -0.0393. The predicted octanol–water partition coefficient (Wildman–Crippen LogP) is 3.65. The van der Waals surface area contributed by atoms with Gasteiger partial charge in [-0.05, 0) is 50.4 Å². The molecule has 2 aromatic rings. The van der Waals surface area contributed by atoms with Gasteiger partial charge in [-0.3, -0.25) is 9.69 Å². The van der Waals surface area contributed by atoms with E-state index in [1.54, 1.807) is 0 Å². The van der Waals surface area contributed by atoms with Crippen molar-refractivity contribution >= 4 is 5.78 Å². The van der Waals surface area contributed by atoms with Gasteiger partial charge in [-0.15, -0.1) is 0 Å². The summed E-state index contributed by atoms with van der Waals surface area (Å²) in [6.07, 6.45) is 4.50. The number of hydrogen-bond donors (Lipinski definition) is 2. The van der Waals surface area contributed by atoms with E-state index in [4.69, 9.17) is 0 Å². The Balaban J connectivity index is 1.95. The van der Waals surface area contributed by atoms with E-state index < -0.39 is 5.72 Å². The lowest BCUT2D eigenvalue weighted by Crippen LogP contribution is -2.47. The fourth-order valence-corrected chi connectivity index (χ4v) is 3.89. The molecule has 4 nitrogen and oxygen atoms in total. The second-order valence-electron chi connectivity index (χ2n) is 6.85. The standard InChI is InChI=1S/C21H28N2O2/c1-3-23(4-2)21(25,15-19(24)16-10-6-5-7-11-16)20-14-17-12-8-9-13-18(17)22-20/h5-7,10-11,14,22,25H,3-4,8-9,12-13,15H2,1-2H3. The fourth-order valence-electron chi connectivity index (χ4n) is 3.89. The molecule has 0 saturated carbocycles. The van der Waals surface area contributed by atoms with Crippen LogP contribution in [0.25, 0.3) is 0 Å². The van der Waals surface area contributed by atoms with Crippen LogP contribution in [0.15, 0.2) is 36.4 Å². The van der Waals surface area contributed by atoms with Crippen LogP contribution in [0, 0.1) is 0 Å². The minimum absolute atomic E-state index is 0.0393. The summed E-state index contributed by atoms with van der Waals surface area (Å²) in [6, 6.07) is 11.3. The van der Waals surface area contributed by atoms with E-state index in [0.717, 1.165) is 18.5 Å². The van der Waals surface area contributed by atoms with E-state index in [1.165, 1.54) is 24.1 Å². The third-order valence-corrected chi connectivity index (χ3v) is 5.34. The minimum atomic E-state index is -1.30. The third-order valence-electron chi connectivity index (χ3n) is 5.34. The quantitative estimate of drug-likeness (QED) is 0.597. The summed E-state index contributed by atoms with van der Waals surface area (Å²) in [7, 11) is 0. The Hall–Kier alpha value is -1.91. The largest absolute Gasteiger partial charge is 0.369 e. The van der Waals surface area contributed by atoms with Gasteiger partial charge < -0.3 is 10.1 Å². The molecule has 4 heteroatoms. The van der Waals surface area contributed by atoms with Crippen molar-refractivity contribution in [2.45, 2.75) is 51.7 Å². The maximum absolute atomic E-state index is 12.8.